The molecule has 2 aromatic rings. The minimum Gasteiger partial charge on any atom is -0.459 e. The first-order valence-electron chi connectivity index (χ1n) is 10.9. The lowest BCUT2D eigenvalue weighted by Crippen LogP contribution is -2.52. The first kappa shape index (κ1) is 22.5. The van der Waals surface area contributed by atoms with Gasteiger partial charge in [-0.25, -0.2) is 4.79 Å². The second-order valence-electron chi connectivity index (χ2n) is 8.63. The summed E-state index contributed by atoms with van der Waals surface area (Å²) in [7, 11) is 0. The Morgan fingerprint density at radius 3 is 2.40 bits per heavy atom. The molecule has 1 aromatic carbocycles. The average Bonchev–Trinajstić information content (AvgIpc) is 2.90. The van der Waals surface area contributed by atoms with E-state index in [0.29, 0.717) is 17.1 Å². The third kappa shape index (κ3) is 5.92. The molecular formula is C24H33N2O3S+. The molecule has 30 heavy (non-hydrogen) atoms. The van der Waals surface area contributed by atoms with Gasteiger partial charge >= 0.3 is 5.97 Å². The molecule has 0 saturated carbocycles. The maximum atomic E-state index is 13.2. The molecule has 1 aromatic heterocycles. The summed E-state index contributed by atoms with van der Waals surface area (Å²) in [5, 5.41) is 4.94. The molecule has 0 bridgehead atoms. The van der Waals surface area contributed by atoms with Crippen molar-refractivity contribution in [2.75, 3.05) is 25.0 Å². The first-order valence-corrected chi connectivity index (χ1v) is 11.7. The van der Waals surface area contributed by atoms with Crippen LogP contribution in [0.1, 0.15) is 60.3 Å². The molecule has 1 saturated heterocycles. The molecule has 0 atom stereocenters. The normalized spacial score (nSPS) is 16.1. The standard InChI is InChI=1S/C24H32N2O3S/c1-18(2)29-24(28)23-22(19(3)17-30-23)25-21(27)16-26(13-9-4-5-10-14-26)15-20-11-7-6-8-12-20/h6-8,11-12,17-18H,4-5,9-10,13-16H2,1-3H3/p+1. The van der Waals surface area contributed by atoms with Crippen LogP contribution in [0.25, 0.3) is 0 Å². The van der Waals surface area contributed by atoms with E-state index in [1.165, 1.54) is 29.7 Å². The summed E-state index contributed by atoms with van der Waals surface area (Å²) in [5.74, 6) is -0.408. The van der Waals surface area contributed by atoms with Gasteiger partial charge in [-0.2, -0.15) is 0 Å². The third-order valence-corrected chi connectivity index (χ3v) is 6.70. The van der Waals surface area contributed by atoms with Gasteiger partial charge in [0, 0.05) is 5.56 Å². The van der Waals surface area contributed by atoms with E-state index in [9.17, 15) is 9.59 Å². The number of rotatable bonds is 7. The van der Waals surface area contributed by atoms with E-state index in [1.807, 2.05) is 32.2 Å². The molecular weight excluding hydrogens is 396 g/mol. The minimum atomic E-state index is -0.374. The summed E-state index contributed by atoms with van der Waals surface area (Å²) in [4.78, 5) is 26.1. The highest BCUT2D eigenvalue weighted by Crippen LogP contribution is 2.29. The highest BCUT2D eigenvalue weighted by atomic mass is 32.1. The molecule has 5 nitrogen and oxygen atoms in total. The molecule has 0 unspecified atom stereocenters. The van der Waals surface area contributed by atoms with Crippen molar-refractivity contribution < 1.29 is 18.8 Å². The number of carbonyl (C=O) groups excluding carboxylic acids is 2. The lowest BCUT2D eigenvalue weighted by Gasteiger charge is -2.37. The summed E-state index contributed by atoms with van der Waals surface area (Å²) in [6.45, 7) is 8.86. The molecule has 1 aliphatic heterocycles. The van der Waals surface area contributed by atoms with Crippen molar-refractivity contribution in [1.82, 2.24) is 0 Å². The van der Waals surface area contributed by atoms with Gasteiger partial charge in [-0.1, -0.05) is 30.3 Å². The molecule has 0 aliphatic carbocycles. The molecule has 6 heteroatoms. The van der Waals surface area contributed by atoms with Crippen LogP contribution in [-0.4, -0.2) is 42.1 Å². The maximum absolute atomic E-state index is 13.2. The second kappa shape index (κ2) is 10.2. The molecule has 0 radical (unpaired) electrons. The fraction of sp³-hybridized carbons (Fsp3) is 0.500. The highest BCUT2D eigenvalue weighted by molar-refractivity contribution is 7.12. The van der Waals surface area contributed by atoms with Crippen molar-refractivity contribution in [2.45, 2.75) is 59.1 Å². The number of quaternary nitrogens is 1. The number of nitrogens with one attached hydrogen (secondary N) is 1. The molecule has 2 heterocycles. The van der Waals surface area contributed by atoms with Crippen molar-refractivity contribution >= 4 is 28.9 Å². The zero-order valence-corrected chi connectivity index (χ0v) is 19.1. The highest BCUT2D eigenvalue weighted by Gasteiger charge is 2.32. The Labute approximate surface area is 183 Å². The third-order valence-electron chi connectivity index (χ3n) is 5.62. The topological polar surface area (TPSA) is 55.4 Å². The Kier molecular flexibility index (Phi) is 7.67. The number of amides is 1. The Balaban J connectivity index is 1.77. The van der Waals surface area contributed by atoms with Gasteiger partial charge < -0.3 is 14.5 Å². The van der Waals surface area contributed by atoms with Crippen LogP contribution in [0, 0.1) is 6.92 Å². The monoisotopic (exact) mass is 429 g/mol. The Hall–Kier alpha value is -2.18. The molecule has 0 spiro atoms. The number of hydrogen-bond acceptors (Lipinski definition) is 4. The fourth-order valence-corrected chi connectivity index (χ4v) is 5.09. The van der Waals surface area contributed by atoms with Gasteiger partial charge in [0.1, 0.15) is 11.4 Å². The minimum absolute atomic E-state index is 0.0343. The van der Waals surface area contributed by atoms with E-state index in [2.05, 4.69) is 29.6 Å². The summed E-state index contributed by atoms with van der Waals surface area (Å²) in [5.41, 5.74) is 2.76. The summed E-state index contributed by atoms with van der Waals surface area (Å²) < 4.78 is 6.12. The fourth-order valence-electron chi connectivity index (χ4n) is 4.20. The average molecular weight is 430 g/mol. The number of nitrogens with zero attached hydrogens (tertiary/aromatic N) is 1. The van der Waals surface area contributed by atoms with Gasteiger partial charge in [-0.3, -0.25) is 4.79 Å². The number of likely N-dealkylation sites (tertiary alicyclic amines) is 1. The summed E-state index contributed by atoms with van der Waals surface area (Å²) in [6, 6.07) is 10.4. The number of benzene rings is 1. The van der Waals surface area contributed by atoms with E-state index in [-0.39, 0.29) is 18.0 Å². The van der Waals surface area contributed by atoms with E-state index in [1.54, 1.807) is 0 Å². The maximum Gasteiger partial charge on any atom is 0.350 e. The Morgan fingerprint density at radius 1 is 1.10 bits per heavy atom. The van der Waals surface area contributed by atoms with Crippen LogP contribution >= 0.6 is 11.3 Å². The quantitative estimate of drug-likeness (QED) is 0.489. The zero-order chi connectivity index (χ0) is 21.6. The van der Waals surface area contributed by atoms with Crippen LogP contribution < -0.4 is 5.32 Å². The SMILES string of the molecule is Cc1csc(C(=O)OC(C)C)c1NC(=O)C[N+]1(Cc2ccccc2)CCCCCC1. The molecule has 1 amide bonds. The number of aryl methyl sites for hydroxylation is 1. The number of ether oxygens (including phenoxy) is 1. The Morgan fingerprint density at radius 2 is 1.77 bits per heavy atom. The number of esters is 1. The lowest BCUT2D eigenvalue weighted by molar-refractivity contribution is -0.932. The Bertz CT molecular complexity index is 853. The van der Waals surface area contributed by atoms with E-state index < -0.39 is 0 Å². The van der Waals surface area contributed by atoms with Crippen LogP contribution in [0.2, 0.25) is 0 Å². The molecule has 1 aliphatic rings. The van der Waals surface area contributed by atoms with Crippen molar-refractivity contribution in [2.24, 2.45) is 0 Å². The van der Waals surface area contributed by atoms with E-state index in [4.69, 9.17) is 4.74 Å². The second-order valence-corrected chi connectivity index (χ2v) is 9.51. The molecule has 162 valence electrons. The van der Waals surface area contributed by atoms with Crippen LogP contribution in [0.5, 0.6) is 0 Å². The van der Waals surface area contributed by atoms with Gasteiger partial charge in [0.2, 0.25) is 0 Å². The number of carbonyl (C=O) groups is 2. The first-order chi connectivity index (χ1) is 14.4. The lowest BCUT2D eigenvalue weighted by atomic mass is 10.1. The zero-order valence-electron chi connectivity index (χ0n) is 18.3. The van der Waals surface area contributed by atoms with Crippen LogP contribution in [0.15, 0.2) is 35.7 Å². The predicted molar refractivity (Wildman–Crippen MR) is 122 cm³/mol. The summed E-state index contributed by atoms with van der Waals surface area (Å²) >= 11 is 1.33. The molecule has 1 fully saturated rings. The number of hydrogen-bond donors (Lipinski definition) is 1. The van der Waals surface area contributed by atoms with Crippen molar-refractivity contribution in [3.8, 4) is 0 Å². The van der Waals surface area contributed by atoms with Crippen molar-refractivity contribution in [3.63, 3.8) is 0 Å². The van der Waals surface area contributed by atoms with Crippen LogP contribution in [-0.2, 0) is 16.1 Å². The largest absolute Gasteiger partial charge is 0.459 e. The number of anilines is 1. The molecule has 3 rings (SSSR count). The predicted octanol–water partition coefficient (Wildman–Crippen LogP) is 5.15. The van der Waals surface area contributed by atoms with Crippen LogP contribution in [0.4, 0.5) is 5.69 Å². The van der Waals surface area contributed by atoms with Crippen LogP contribution in [0.3, 0.4) is 0 Å². The van der Waals surface area contributed by atoms with E-state index in [0.717, 1.165) is 42.5 Å². The van der Waals surface area contributed by atoms with Gasteiger partial charge in [-0.05, 0) is 57.4 Å². The smallest absolute Gasteiger partial charge is 0.350 e. The van der Waals surface area contributed by atoms with Gasteiger partial charge in [0.15, 0.2) is 6.54 Å². The van der Waals surface area contributed by atoms with Crippen molar-refractivity contribution in [1.29, 1.82) is 0 Å². The van der Waals surface area contributed by atoms with E-state index >= 15 is 0 Å². The van der Waals surface area contributed by atoms with Crippen molar-refractivity contribution in [3.05, 3.63) is 51.7 Å². The molecule has 1 N–H and O–H groups in total. The number of thiophene rings is 1. The van der Waals surface area contributed by atoms with Gasteiger partial charge in [-0.15, -0.1) is 11.3 Å². The van der Waals surface area contributed by atoms with Gasteiger partial charge in [0.05, 0.1) is 24.9 Å². The van der Waals surface area contributed by atoms with Gasteiger partial charge in [0.25, 0.3) is 5.91 Å². The summed E-state index contributed by atoms with van der Waals surface area (Å²) in [6.07, 6.45) is 4.55.